The molecule has 2 heterocycles. The highest BCUT2D eigenvalue weighted by Crippen LogP contribution is 2.28. The number of hydrogen-bond donors (Lipinski definition) is 1. The molecule has 1 fully saturated rings. The molecule has 1 N–H and O–H groups in total. The summed E-state index contributed by atoms with van der Waals surface area (Å²) < 4.78 is 5.79. The first-order chi connectivity index (χ1) is 14.7. The summed E-state index contributed by atoms with van der Waals surface area (Å²) in [5.41, 5.74) is 1.68. The maximum atomic E-state index is 12.8. The van der Waals surface area contributed by atoms with Crippen molar-refractivity contribution in [3.05, 3.63) is 84.7 Å². The minimum Gasteiger partial charge on any atom is -0.457 e. The van der Waals surface area contributed by atoms with E-state index in [9.17, 15) is 9.59 Å². The lowest BCUT2D eigenvalue weighted by atomic mass is 10.1. The molecule has 0 aliphatic carbocycles. The van der Waals surface area contributed by atoms with E-state index < -0.39 is 5.92 Å². The van der Waals surface area contributed by atoms with Crippen LogP contribution in [0.4, 0.5) is 5.69 Å². The van der Waals surface area contributed by atoms with Gasteiger partial charge < -0.3 is 15.0 Å². The largest absolute Gasteiger partial charge is 0.457 e. The van der Waals surface area contributed by atoms with Gasteiger partial charge in [0.1, 0.15) is 17.4 Å². The molecule has 6 nitrogen and oxygen atoms in total. The van der Waals surface area contributed by atoms with Crippen LogP contribution < -0.4 is 15.0 Å². The van der Waals surface area contributed by atoms with Crippen molar-refractivity contribution in [1.82, 2.24) is 10.3 Å². The van der Waals surface area contributed by atoms with Crippen LogP contribution in [0, 0.1) is 5.92 Å². The van der Waals surface area contributed by atoms with Crippen LogP contribution in [0.15, 0.2) is 79.0 Å². The number of ether oxygens (including phenoxy) is 1. The lowest BCUT2D eigenvalue weighted by molar-refractivity contribution is -0.132. The number of nitrogens with zero attached hydrogens (tertiary/aromatic N) is 2. The number of hydrogen-bond acceptors (Lipinski definition) is 4. The van der Waals surface area contributed by atoms with E-state index in [1.54, 1.807) is 11.1 Å². The standard InChI is InChI=1S/C24H23N3O3/c28-23(26-16-13-18-6-4-5-15-25-18)22-14-17-27(24(22)29)19-9-11-21(12-10-19)30-20-7-2-1-3-8-20/h1-12,15,22H,13-14,16-17H2,(H,26,28). The Balaban J connectivity index is 1.31. The quantitative estimate of drug-likeness (QED) is 0.614. The van der Waals surface area contributed by atoms with Crippen molar-refractivity contribution in [1.29, 1.82) is 0 Å². The molecular weight excluding hydrogens is 378 g/mol. The van der Waals surface area contributed by atoms with E-state index in [2.05, 4.69) is 10.3 Å². The highest BCUT2D eigenvalue weighted by Gasteiger charge is 2.37. The van der Waals surface area contributed by atoms with Gasteiger partial charge in [-0.05, 0) is 55.0 Å². The van der Waals surface area contributed by atoms with E-state index in [0.717, 1.165) is 17.1 Å². The van der Waals surface area contributed by atoms with Gasteiger partial charge in [0.05, 0.1) is 0 Å². The van der Waals surface area contributed by atoms with Gasteiger partial charge in [0.15, 0.2) is 0 Å². The van der Waals surface area contributed by atoms with Crippen molar-refractivity contribution in [2.24, 2.45) is 5.92 Å². The van der Waals surface area contributed by atoms with Crippen LogP contribution in [0.25, 0.3) is 0 Å². The number of carbonyl (C=O) groups excluding carboxylic acids is 2. The number of amides is 2. The van der Waals surface area contributed by atoms with Crippen molar-refractivity contribution in [3.8, 4) is 11.5 Å². The number of rotatable bonds is 7. The molecule has 1 atom stereocenters. The Morgan fingerprint density at radius 2 is 1.73 bits per heavy atom. The first-order valence-corrected chi connectivity index (χ1v) is 10.0. The number of anilines is 1. The molecular formula is C24H23N3O3. The van der Waals surface area contributed by atoms with Crippen LogP contribution in [0.2, 0.25) is 0 Å². The molecule has 1 unspecified atom stereocenters. The molecule has 1 saturated heterocycles. The second-order valence-electron chi connectivity index (χ2n) is 7.10. The Kier molecular flexibility index (Phi) is 6.03. The zero-order valence-electron chi connectivity index (χ0n) is 16.5. The molecule has 6 heteroatoms. The molecule has 2 aromatic carbocycles. The van der Waals surface area contributed by atoms with Gasteiger partial charge in [-0.25, -0.2) is 0 Å². The molecule has 3 aromatic rings. The smallest absolute Gasteiger partial charge is 0.239 e. The first-order valence-electron chi connectivity index (χ1n) is 10.0. The van der Waals surface area contributed by atoms with E-state index in [1.807, 2.05) is 72.8 Å². The molecule has 1 aliphatic heterocycles. The van der Waals surface area contributed by atoms with Gasteiger partial charge >= 0.3 is 0 Å². The first kappa shape index (κ1) is 19.6. The minimum absolute atomic E-state index is 0.165. The van der Waals surface area contributed by atoms with Crippen molar-refractivity contribution >= 4 is 17.5 Å². The number of benzene rings is 2. The summed E-state index contributed by atoms with van der Waals surface area (Å²) >= 11 is 0. The van der Waals surface area contributed by atoms with Crippen molar-refractivity contribution in [3.63, 3.8) is 0 Å². The summed E-state index contributed by atoms with van der Waals surface area (Å²) in [5.74, 6) is 0.420. The zero-order valence-corrected chi connectivity index (χ0v) is 16.5. The molecule has 152 valence electrons. The maximum Gasteiger partial charge on any atom is 0.239 e. The number of nitrogens with one attached hydrogen (secondary N) is 1. The average molecular weight is 401 g/mol. The van der Waals surface area contributed by atoms with Crippen molar-refractivity contribution in [2.75, 3.05) is 18.0 Å². The zero-order chi connectivity index (χ0) is 20.8. The monoisotopic (exact) mass is 401 g/mol. The normalized spacial score (nSPS) is 15.8. The van der Waals surface area contributed by atoms with Gasteiger partial charge in [-0.2, -0.15) is 0 Å². The number of carbonyl (C=O) groups is 2. The van der Waals surface area contributed by atoms with Crippen molar-refractivity contribution < 1.29 is 14.3 Å². The van der Waals surface area contributed by atoms with E-state index in [-0.39, 0.29) is 11.8 Å². The Bertz CT molecular complexity index is 991. The Morgan fingerprint density at radius 3 is 2.47 bits per heavy atom. The fraction of sp³-hybridized carbons (Fsp3) is 0.208. The van der Waals surface area contributed by atoms with Gasteiger partial charge in [-0.1, -0.05) is 24.3 Å². The molecule has 0 saturated carbocycles. The summed E-state index contributed by atoms with van der Waals surface area (Å²) in [7, 11) is 0. The molecule has 0 bridgehead atoms. The SMILES string of the molecule is O=C(NCCc1ccccn1)C1CCN(c2ccc(Oc3ccccc3)cc2)C1=O. The van der Waals surface area contributed by atoms with Crippen LogP contribution in [-0.4, -0.2) is 29.9 Å². The minimum atomic E-state index is -0.644. The predicted molar refractivity (Wildman–Crippen MR) is 114 cm³/mol. The summed E-state index contributed by atoms with van der Waals surface area (Å²) in [6.07, 6.45) is 2.88. The molecule has 0 radical (unpaired) electrons. The average Bonchev–Trinajstić information content (AvgIpc) is 3.17. The summed E-state index contributed by atoms with van der Waals surface area (Å²) in [6, 6.07) is 22.6. The summed E-state index contributed by atoms with van der Waals surface area (Å²) in [5, 5.41) is 2.87. The molecule has 1 aromatic heterocycles. The van der Waals surface area contributed by atoms with Crippen molar-refractivity contribution in [2.45, 2.75) is 12.8 Å². The van der Waals surface area contributed by atoms with Crippen LogP contribution in [0.1, 0.15) is 12.1 Å². The third-order valence-corrected chi connectivity index (χ3v) is 5.06. The lowest BCUT2D eigenvalue weighted by Crippen LogP contribution is -2.37. The van der Waals surface area contributed by atoms with Gasteiger partial charge in [0.25, 0.3) is 0 Å². The highest BCUT2D eigenvalue weighted by atomic mass is 16.5. The van der Waals surface area contributed by atoms with E-state index in [4.69, 9.17) is 4.74 Å². The fourth-order valence-corrected chi connectivity index (χ4v) is 3.48. The highest BCUT2D eigenvalue weighted by molar-refractivity contribution is 6.09. The van der Waals surface area contributed by atoms with E-state index in [1.165, 1.54) is 0 Å². The fourth-order valence-electron chi connectivity index (χ4n) is 3.48. The summed E-state index contributed by atoms with van der Waals surface area (Å²) in [6.45, 7) is 0.987. The number of para-hydroxylation sites is 1. The lowest BCUT2D eigenvalue weighted by Gasteiger charge is -2.17. The van der Waals surface area contributed by atoms with Crippen LogP contribution in [-0.2, 0) is 16.0 Å². The third kappa shape index (κ3) is 4.66. The second kappa shape index (κ2) is 9.22. The second-order valence-corrected chi connectivity index (χ2v) is 7.10. The Labute approximate surface area is 175 Å². The van der Waals surface area contributed by atoms with Crippen LogP contribution in [0.5, 0.6) is 11.5 Å². The van der Waals surface area contributed by atoms with E-state index in [0.29, 0.717) is 31.7 Å². The molecule has 4 rings (SSSR count). The maximum absolute atomic E-state index is 12.8. The van der Waals surface area contributed by atoms with Gasteiger partial charge in [-0.15, -0.1) is 0 Å². The molecule has 1 aliphatic rings. The van der Waals surface area contributed by atoms with Gasteiger partial charge in [0.2, 0.25) is 11.8 Å². The topological polar surface area (TPSA) is 71.5 Å². The number of pyridine rings is 1. The number of aromatic nitrogens is 1. The molecule has 30 heavy (non-hydrogen) atoms. The predicted octanol–water partition coefficient (Wildman–Crippen LogP) is 3.59. The molecule has 2 amide bonds. The Morgan fingerprint density at radius 1 is 1.00 bits per heavy atom. The van der Waals surface area contributed by atoms with Crippen LogP contribution >= 0.6 is 0 Å². The molecule has 0 spiro atoms. The van der Waals surface area contributed by atoms with Gasteiger partial charge in [-0.3, -0.25) is 14.6 Å². The Hall–Kier alpha value is -3.67. The van der Waals surface area contributed by atoms with Gasteiger partial charge in [0, 0.05) is 37.1 Å². The summed E-state index contributed by atoms with van der Waals surface area (Å²) in [4.78, 5) is 31.2. The van der Waals surface area contributed by atoms with E-state index >= 15 is 0 Å². The third-order valence-electron chi connectivity index (χ3n) is 5.06. The van der Waals surface area contributed by atoms with Crippen LogP contribution in [0.3, 0.4) is 0 Å².